The van der Waals surface area contributed by atoms with Crippen LogP contribution in [-0.4, -0.2) is 6.04 Å². The molecule has 4 atom stereocenters. The second kappa shape index (κ2) is 3.33. The summed E-state index contributed by atoms with van der Waals surface area (Å²) in [4.78, 5) is 0. The standard InChI is InChI=1S/C15H21N/c1-10-3-5-12(6-4-10)15-8-7-13(11(2)16)14(15)9-15/h3-6,11,13-14H,7-9,16H2,1-2H3. The zero-order valence-electron chi connectivity index (χ0n) is 10.2. The lowest BCUT2D eigenvalue weighted by Gasteiger charge is -2.14. The van der Waals surface area contributed by atoms with Crippen molar-refractivity contribution in [2.24, 2.45) is 17.6 Å². The fourth-order valence-corrected chi connectivity index (χ4v) is 3.80. The summed E-state index contributed by atoms with van der Waals surface area (Å²) >= 11 is 0. The molecule has 0 radical (unpaired) electrons. The van der Waals surface area contributed by atoms with Crippen LogP contribution in [0.1, 0.15) is 37.3 Å². The Morgan fingerprint density at radius 2 is 2.00 bits per heavy atom. The van der Waals surface area contributed by atoms with E-state index in [1.807, 2.05) is 0 Å². The molecule has 0 heterocycles. The molecule has 1 aromatic rings. The van der Waals surface area contributed by atoms with Gasteiger partial charge >= 0.3 is 0 Å². The highest BCUT2D eigenvalue weighted by atomic mass is 14.7. The van der Waals surface area contributed by atoms with Crippen molar-refractivity contribution >= 4 is 0 Å². The molecule has 2 saturated carbocycles. The molecule has 1 aromatic carbocycles. The van der Waals surface area contributed by atoms with E-state index in [1.54, 1.807) is 5.56 Å². The van der Waals surface area contributed by atoms with E-state index < -0.39 is 0 Å². The molecule has 2 fully saturated rings. The summed E-state index contributed by atoms with van der Waals surface area (Å²) in [7, 11) is 0. The minimum absolute atomic E-state index is 0.375. The maximum Gasteiger partial charge on any atom is 0.00417 e. The first-order valence-electron chi connectivity index (χ1n) is 6.46. The summed E-state index contributed by atoms with van der Waals surface area (Å²) in [6.45, 7) is 4.33. The molecule has 2 aliphatic rings. The Morgan fingerprint density at radius 3 is 2.50 bits per heavy atom. The molecule has 2 N–H and O–H groups in total. The van der Waals surface area contributed by atoms with Crippen molar-refractivity contribution in [1.82, 2.24) is 0 Å². The Bertz CT molecular complexity index is 392. The molecule has 4 unspecified atom stereocenters. The summed E-state index contributed by atoms with van der Waals surface area (Å²) in [6.07, 6.45) is 4.06. The largest absolute Gasteiger partial charge is 0.328 e. The molecule has 0 amide bonds. The number of rotatable bonds is 2. The summed E-state index contributed by atoms with van der Waals surface area (Å²) in [5.74, 6) is 1.64. The maximum absolute atomic E-state index is 6.08. The van der Waals surface area contributed by atoms with Crippen molar-refractivity contribution in [3.05, 3.63) is 35.4 Å². The van der Waals surface area contributed by atoms with Gasteiger partial charge in [-0.05, 0) is 55.9 Å². The zero-order valence-corrected chi connectivity index (χ0v) is 10.2. The molecule has 0 aliphatic heterocycles. The smallest absolute Gasteiger partial charge is 0.00417 e. The van der Waals surface area contributed by atoms with Crippen molar-refractivity contribution in [3.8, 4) is 0 Å². The van der Waals surface area contributed by atoms with Crippen molar-refractivity contribution in [3.63, 3.8) is 0 Å². The summed E-state index contributed by atoms with van der Waals surface area (Å²) in [5, 5.41) is 0. The Hall–Kier alpha value is -0.820. The van der Waals surface area contributed by atoms with Gasteiger partial charge in [0.05, 0.1) is 0 Å². The van der Waals surface area contributed by atoms with E-state index in [4.69, 9.17) is 5.73 Å². The van der Waals surface area contributed by atoms with Gasteiger partial charge in [0.25, 0.3) is 0 Å². The van der Waals surface area contributed by atoms with E-state index in [2.05, 4.69) is 38.1 Å². The lowest BCUT2D eigenvalue weighted by Crippen LogP contribution is -2.26. The summed E-state index contributed by atoms with van der Waals surface area (Å²) in [6, 6.07) is 9.54. The highest BCUT2D eigenvalue weighted by molar-refractivity contribution is 5.38. The Labute approximate surface area is 98.0 Å². The van der Waals surface area contributed by atoms with Gasteiger partial charge in [0.2, 0.25) is 0 Å². The second-order valence-corrected chi connectivity index (χ2v) is 5.89. The van der Waals surface area contributed by atoms with Gasteiger partial charge in [-0.3, -0.25) is 0 Å². The number of fused-ring (bicyclic) bond motifs is 1. The third-order valence-electron chi connectivity index (χ3n) is 4.88. The minimum atomic E-state index is 0.375. The third kappa shape index (κ3) is 1.34. The van der Waals surface area contributed by atoms with E-state index in [-0.39, 0.29) is 0 Å². The quantitative estimate of drug-likeness (QED) is 0.806. The van der Waals surface area contributed by atoms with Crippen LogP contribution >= 0.6 is 0 Å². The van der Waals surface area contributed by atoms with E-state index in [0.29, 0.717) is 11.5 Å². The maximum atomic E-state index is 6.08. The Kier molecular flexibility index (Phi) is 2.16. The first kappa shape index (κ1) is 10.3. The van der Waals surface area contributed by atoms with Crippen LogP contribution in [-0.2, 0) is 5.41 Å². The predicted octanol–water partition coefficient (Wildman–Crippen LogP) is 3.01. The number of benzene rings is 1. The van der Waals surface area contributed by atoms with Gasteiger partial charge in [-0.1, -0.05) is 29.8 Å². The van der Waals surface area contributed by atoms with Crippen LogP contribution in [0.5, 0.6) is 0 Å². The van der Waals surface area contributed by atoms with Crippen LogP contribution in [0.15, 0.2) is 24.3 Å². The van der Waals surface area contributed by atoms with Gasteiger partial charge in [0, 0.05) is 6.04 Å². The lowest BCUT2D eigenvalue weighted by atomic mass is 9.92. The molecule has 86 valence electrons. The molecule has 2 aliphatic carbocycles. The molecule has 1 nitrogen and oxygen atoms in total. The van der Waals surface area contributed by atoms with E-state index in [0.717, 1.165) is 11.8 Å². The van der Waals surface area contributed by atoms with Crippen molar-refractivity contribution in [2.45, 2.75) is 44.6 Å². The molecule has 0 saturated heterocycles. The van der Waals surface area contributed by atoms with Crippen molar-refractivity contribution in [1.29, 1.82) is 0 Å². The first-order chi connectivity index (χ1) is 7.63. The lowest BCUT2D eigenvalue weighted by molar-refractivity contribution is 0.406. The number of nitrogens with two attached hydrogens (primary N) is 1. The summed E-state index contributed by atoms with van der Waals surface area (Å²) < 4.78 is 0. The van der Waals surface area contributed by atoms with Crippen LogP contribution in [0.25, 0.3) is 0 Å². The van der Waals surface area contributed by atoms with Crippen LogP contribution < -0.4 is 5.73 Å². The second-order valence-electron chi connectivity index (χ2n) is 5.89. The van der Waals surface area contributed by atoms with Gasteiger partial charge in [-0.25, -0.2) is 0 Å². The van der Waals surface area contributed by atoms with Gasteiger partial charge in [-0.15, -0.1) is 0 Å². The normalized spacial score (nSPS) is 38.2. The number of hydrogen-bond donors (Lipinski definition) is 1. The van der Waals surface area contributed by atoms with E-state index >= 15 is 0 Å². The first-order valence-corrected chi connectivity index (χ1v) is 6.46. The van der Waals surface area contributed by atoms with Crippen LogP contribution in [0.3, 0.4) is 0 Å². The van der Waals surface area contributed by atoms with Crippen LogP contribution in [0.4, 0.5) is 0 Å². The molecule has 0 bridgehead atoms. The predicted molar refractivity (Wildman–Crippen MR) is 67.3 cm³/mol. The van der Waals surface area contributed by atoms with Gasteiger partial charge in [-0.2, -0.15) is 0 Å². The molecule has 16 heavy (non-hydrogen) atoms. The minimum Gasteiger partial charge on any atom is -0.328 e. The highest BCUT2D eigenvalue weighted by Crippen LogP contribution is 2.67. The Balaban J connectivity index is 1.86. The fraction of sp³-hybridized carbons (Fsp3) is 0.600. The average Bonchev–Trinajstić information content (AvgIpc) is 2.86. The zero-order chi connectivity index (χ0) is 11.3. The fourth-order valence-electron chi connectivity index (χ4n) is 3.80. The van der Waals surface area contributed by atoms with E-state index in [9.17, 15) is 0 Å². The molecule has 3 rings (SSSR count). The molecule has 0 aromatic heterocycles. The molecule has 1 heteroatoms. The summed E-state index contributed by atoms with van der Waals surface area (Å²) in [5.41, 5.74) is 9.52. The highest BCUT2D eigenvalue weighted by Gasteiger charge is 2.62. The third-order valence-corrected chi connectivity index (χ3v) is 4.88. The van der Waals surface area contributed by atoms with Gasteiger partial charge in [0.15, 0.2) is 0 Å². The molecular weight excluding hydrogens is 194 g/mol. The van der Waals surface area contributed by atoms with E-state index in [1.165, 1.54) is 24.8 Å². The monoisotopic (exact) mass is 215 g/mol. The van der Waals surface area contributed by atoms with Crippen molar-refractivity contribution in [2.75, 3.05) is 0 Å². The number of aryl methyl sites for hydroxylation is 1. The average molecular weight is 215 g/mol. The number of hydrogen-bond acceptors (Lipinski definition) is 1. The van der Waals surface area contributed by atoms with Gasteiger partial charge < -0.3 is 5.73 Å². The van der Waals surface area contributed by atoms with Gasteiger partial charge in [0.1, 0.15) is 0 Å². The molecule has 0 spiro atoms. The SMILES string of the molecule is Cc1ccc(C23CCC(C(C)N)C2C3)cc1. The van der Waals surface area contributed by atoms with Crippen LogP contribution in [0, 0.1) is 18.8 Å². The molecular formula is C15H21N. The van der Waals surface area contributed by atoms with Crippen LogP contribution in [0.2, 0.25) is 0 Å². The Morgan fingerprint density at radius 1 is 1.31 bits per heavy atom. The topological polar surface area (TPSA) is 26.0 Å². The van der Waals surface area contributed by atoms with Crippen molar-refractivity contribution < 1.29 is 0 Å².